The zero-order valence-electron chi connectivity index (χ0n) is 13.7. The van der Waals surface area contributed by atoms with Gasteiger partial charge in [0.15, 0.2) is 0 Å². The lowest BCUT2D eigenvalue weighted by Crippen LogP contribution is -2.07. The molecule has 1 N–H and O–H groups in total. The lowest BCUT2D eigenvalue weighted by atomic mass is 10.0. The minimum absolute atomic E-state index is 0.137. The molecule has 0 spiro atoms. The van der Waals surface area contributed by atoms with Crippen LogP contribution in [0.4, 0.5) is 11.4 Å². The number of nitriles is 1. The molecule has 0 fully saturated rings. The van der Waals surface area contributed by atoms with Gasteiger partial charge in [0.25, 0.3) is 5.69 Å². The lowest BCUT2D eigenvalue weighted by Gasteiger charge is -2.09. The number of benzene rings is 3. The summed E-state index contributed by atoms with van der Waals surface area (Å²) < 4.78 is 0. The van der Waals surface area contributed by atoms with Crippen LogP contribution < -0.4 is 5.43 Å². The highest BCUT2D eigenvalue weighted by atomic mass is 16.6. The second-order valence-corrected chi connectivity index (χ2v) is 5.40. The monoisotopic (exact) mass is 342 g/mol. The highest BCUT2D eigenvalue weighted by Gasteiger charge is 2.11. The third kappa shape index (κ3) is 3.74. The van der Waals surface area contributed by atoms with Crippen molar-refractivity contribution in [3.63, 3.8) is 0 Å². The van der Waals surface area contributed by atoms with Gasteiger partial charge >= 0.3 is 0 Å². The van der Waals surface area contributed by atoms with E-state index in [2.05, 4.69) is 10.5 Å². The Morgan fingerprint density at radius 1 is 0.962 bits per heavy atom. The van der Waals surface area contributed by atoms with Gasteiger partial charge < -0.3 is 0 Å². The van der Waals surface area contributed by atoms with E-state index in [9.17, 15) is 15.4 Å². The zero-order chi connectivity index (χ0) is 18.4. The van der Waals surface area contributed by atoms with Gasteiger partial charge in [0.05, 0.1) is 21.9 Å². The van der Waals surface area contributed by atoms with Gasteiger partial charge in [0, 0.05) is 23.3 Å². The Balaban J connectivity index is 2.00. The van der Waals surface area contributed by atoms with Crippen molar-refractivity contribution in [3.8, 4) is 6.07 Å². The van der Waals surface area contributed by atoms with Gasteiger partial charge in [-0.1, -0.05) is 60.7 Å². The second-order valence-electron chi connectivity index (χ2n) is 5.40. The molecule has 3 rings (SSSR count). The van der Waals surface area contributed by atoms with Gasteiger partial charge in [-0.3, -0.25) is 15.5 Å². The van der Waals surface area contributed by atoms with E-state index in [4.69, 9.17) is 0 Å². The molecule has 26 heavy (non-hydrogen) atoms. The largest absolute Gasteiger partial charge is 0.277 e. The highest BCUT2D eigenvalue weighted by molar-refractivity contribution is 6.13. The first-order valence-corrected chi connectivity index (χ1v) is 7.82. The minimum Gasteiger partial charge on any atom is -0.277 e. The number of anilines is 1. The van der Waals surface area contributed by atoms with Crippen LogP contribution in [-0.2, 0) is 0 Å². The van der Waals surface area contributed by atoms with Crippen molar-refractivity contribution in [3.05, 3.63) is 106 Å². The normalized spacial score (nSPS) is 9.81. The van der Waals surface area contributed by atoms with E-state index in [1.165, 1.54) is 18.2 Å². The molecule has 3 aromatic rings. The van der Waals surface area contributed by atoms with Crippen LogP contribution in [0.15, 0.2) is 84.0 Å². The number of non-ortho nitro benzene ring substituents is 1. The van der Waals surface area contributed by atoms with Crippen LogP contribution in [0.1, 0.15) is 16.7 Å². The SMILES string of the molecule is N#Cc1cc([N+](=O)[O-])ccc1NN=C(c1ccccc1)c1ccccc1. The molecule has 0 amide bonds. The number of hydrogen-bond donors (Lipinski definition) is 1. The molecule has 0 aromatic heterocycles. The summed E-state index contributed by atoms with van der Waals surface area (Å²) in [6.07, 6.45) is 0. The van der Waals surface area contributed by atoms with Crippen LogP contribution in [0, 0.1) is 21.4 Å². The summed E-state index contributed by atoms with van der Waals surface area (Å²) in [4.78, 5) is 10.3. The molecule has 0 atom stereocenters. The summed E-state index contributed by atoms with van der Waals surface area (Å²) in [5, 5.41) is 24.6. The molecule has 0 saturated heterocycles. The van der Waals surface area contributed by atoms with E-state index in [1.54, 1.807) is 0 Å². The van der Waals surface area contributed by atoms with Gasteiger partial charge in [-0.25, -0.2) is 0 Å². The van der Waals surface area contributed by atoms with E-state index in [-0.39, 0.29) is 11.3 Å². The van der Waals surface area contributed by atoms with Crippen molar-refractivity contribution in [2.45, 2.75) is 0 Å². The van der Waals surface area contributed by atoms with Gasteiger partial charge in [0.1, 0.15) is 6.07 Å². The van der Waals surface area contributed by atoms with E-state index in [0.29, 0.717) is 11.4 Å². The minimum atomic E-state index is -0.534. The number of nitro benzene ring substituents is 1. The van der Waals surface area contributed by atoms with Crippen molar-refractivity contribution in [2.24, 2.45) is 5.10 Å². The average Bonchev–Trinajstić information content (AvgIpc) is 2.69. The molecule has 0 aliphatic heterocycles. The first-order valence-electron chi connectivity index (χ1n) is 7.82. The maximum absolute atomic E-state index is 10.9. The topological polar surface area (TPSA) is 91.3 Å². The molecule has 126 valence electrons. The van der Waals surface area contributed by atoms with E-state index in [0.717, 1.165) is 11.1 Å². The van der Waals surface area contributed by atoms with Crippen LogP contribution >= 0.6 is 0 Å². The summed E-state index contributed by atoms with van der Waals surface area (Å²) in [5.74, 6) is 0. The summed E-state index contributed by atoms with van der Waals surface area (Å²) in [6.45, 7) is 0. The molecule has 6 heteroatoms. The number of hydrogen-bond acceptors (Lipinski definition) is 5. The first kappa shape index (κ1) is 16.9. The van der Waals surface area contributed by atoms with Gasteiger partial charge in [-0.15, -0.1) is 0 Å². The summed E-state index contributed by atoms with van der Waals surface area (Å²) in [5.41, 5.74) is 5.81. The fourth-order valence-electron chi connectivity index (χ4n) is 2.44. The number of nitrogens with zero attached hydrogens (tertiary/aromatic N) is 3. The predicted octanol–water partition coefficient (Wildman–Crippen LogP) is 4.33. The number of nitro groups is 1. The molecule has 0 aliphatic rings. The van der Waals surface area contributed by atoms with E-state index >= 15 is 0 Å². The fraction of sp³-hybridized carbons (Fsp3) is 0. The maximum Gasteiger partial charge on any atom is 0.270 e. The van der Waals surface area contributed by atoms with Gasteiger partial charge in [-0.05, 0) is 6.07 Å². The molecule has 0 unspecified atom stereocenters. The quantitative estimate of drug-likeness (QED) is 0.424. The molecular formula is C20H14N4O2. The molecule has 0 saturated carbocycles. The Morgan fingerprint density at radius 2 is 1.54 bits per heavy atom. The van der Waals surface area contributed by atoms with Crippen molar-refractivity contribution < 1.29 is 4.92 Å². The standard InChI is InChI=1S/C20H14N4O2/c21-14-17-13-18(24(25)26)11-12-19(17)22-23-20(15-7-3-1-4-8-15)16-9-5-2-6-10-16/h1-13,22H. The number of hydrazone groups is 1. The molecule has 0 aliphatic carbocycles. The van der Waals surface area contributed by atoms with Crippen LogP contribution in [0.2, 0.25) is 0 Å². The number of nitrogens with one attached hydrogen (secondary N) is 1. The third-order valence-electron chi connectivity index (χ3n) is 3.72. The summed E-state index contributed by atoms with van der Waals surface area (Å²) >= 11 is 0. The highest BCUT2D eigenvalue weighted by Crippen LogP contribution is 2.22. The van der Waals surface area contributed by atoms with E-state index in [1.807, 2.05) is 66.7 Å². The van der Waals surface area contributed by atoms with Crippen molar-refractivity contribution in [1.29, 1.82) is 5.26 Å². The van der Waals surface area contributed by atoms with Crippen molar-refractivity contribution in [2.75, 3.05) is 5.43 Å². The predicted molar refractivity (Wildman–Crippen MR) is 100.0 cm³/mol. The average molecular weight is 342 g/mol. The molecule has 6 nitrogen and oxygen atoms in total. The zero-order valence-corrected chi connectivity index (χ0v) is 13.7. The molecular weight excluding hydrogens is 328 g/mol. The Labute approximate surface area is 150 Å². The van der Waals surface area contributed by atoms with Crippen LogP contribution in [0.3, 0.4) is 0 Å². The Hall–Kier alpha value is -3.98. The third-order valence-corrected chi connectivity index (χ3v) is 3.72. The summed E-state index contributed by atoms with van der Waals surface area (Å²) in [7, 11) is 0. The van der Waals surface area contributed by atoms with E-state index < -0.39 is 4.92 Å². The molecule has 0 radical (unpaired) electrons. The lowest BCUT2D eigenvalue weighted by molar-refractivity contribution is -0.384. The van der Waals surface area contributed by atoms with Crippen molar-refractivity contribution >= 4 is 17.1 Å². The number of rotatable bonds is 5. The second kappa shape index (κ2) is 7.73. The van der Waals surface area contributed by atoms with Gasteiger partial charge in [0.2, 0.25) is 0 Å². The van der Waals surface area contributed by atoms with Crippen LogP contribution in [0.25, 0.3) is 0 Å². The van der Waals surface area contributed by atoms with Gasteiger partial charge in [-0.2, -0.15) is 10.4 Å². The fourth-order valence-corrected chi connectivity index (χ4v) is 2.44. The molecule has 0 heterocycles. The Bertz CT molecular complexity index is 952. The smallest absolute Gasteiger partial charge is 0.270 e. The Morgan fingerprint density at radius 3 is 2.04 bits per heavy atom. The molecule has 3 aromatic carbocycles. The Kier molecular flexibility index (Phi) is 5.01. The first-order chi connectivity index (χ1) is 12.7. The van der Waals surface area contributed by atoms with Crippen molar-refractivity contribution in [1.82, 2.24) is 0 Å². The van der Waals surface area contributed by atoms with Crippen LogP contribution in [0.5, 0.6) is 0 Å². The maximum atomic E-state index is 10.9. The van der Waals surface area contributed by atoms with Crippen LogP contribution in [-0.4, -0.2) is 10.6 Å². The summed E-state index contributed by atoms with van der Waals surface area (Å²) in [6, 6.07) is 25.3. The molecule has 0 bridgehead atoms.